The van der Waals surface area contributed by atoms with E-state index < -0.39 is 0 Å². The highest BCUT2D eigenvalue weighted by molar-refractivity contribution is 5.78. The molecule has 8 heteroatoms. The number of nitrogens with zero attached hydrogens (tertiary/aromatic N) is 4. The lowest BCUT2D eigenvalue weighted by molar-refractivity contribution is -0.120. The number of nitrogens with one attached hydrogen (secondary N) is 2. The minimum absolute atomic E-state index is 0.0922. The highest BCUT2D eigenvalue weighted by atomic mass is 16.2. The Morgan fingerprint density at radius 1 is 1.48 bits per heavy atom. The maximum absolute atomic E-state index is 12.0. The topological polar surface area (TPSA) is 92.2 Å². The van der Waals surface area contributed by atoms with Crippen molar-refractivity contribution in [3.63, 3.8) is 0 Å². The van der Waals surface area contributed by atoms with E-state index in [4.69, 9.17) is 0 Å². The highest BCUT2D eigenvalue weighted by Crippen LogP contribution is 2.09. The molecule has 0 radical (unpaired) electrons. The molecular formula is C13H24N6O2. The van der Waals surface area contributed by atoms with Crippen LogP contribution < -0.4 is 10.6 Å². The lowest BCUT2D eigenvalue weighted by Crippen LogP contribution is -2.40. The Morgan fingerprint density at radius 3 is 2.81 bits per heavy atom. The normalized spacial score (nSPS) is 11.8. The number of hydrogen-bond donors (Lipinski definition) is 2. The molecule has 0 aromatic carbocycles. The van der Waals surface area contributed by atoms with Crippen LogP contribution in [0, 0.1) is 0 Å². The highest BCUT2D eigenvalue weighted by Gasteiger charge is 2.17. The quantitative estimate of drug-likeness (QED) is 0.767. The zero-order valence-electron chi connectivity index (χ0n) is 13.1. The second kappa shape index (κ2) is 8.23. The molecule has 0 unspecified atom stereocenters. The Bertz CT molecular complexity index is 473. The average Bonchev–Trinajstić information content (AvgIpc) is 2.92. The standard InChI is InChI=1S/C13H24N6O2/c1-5-7-19-9-15-17-12(19)10(2)16-13(21)18(4)8-6-11(20)14-3/h9-10H,5-8H2,1-4H3,(H,14,20)(H,16,21)/t10-/m0/s1. The van der Waals surface area contributed by atoms with Crippen LogP contribution in [0.1, 0.15) is 38.6 Å². The Morgan fingerprint density at radius 2 is 2.19 bits per heavy atom. The van der Waals surface area contributed by atoms with Crippen LogP contribution in [-0.4, -0.2) is 52.2 Å². The zero-order valence-corrected chi connectivity index (χ0v) is 13.1. The van der Waals surface area contributed by atoms with E-state index in [1.54, 1.807) is 20.4 Å². The molecule has 0 aliphatic heterocycles. The fourth-order valence-corrected chi connectivity index (χ4v) is 1.87. The van der Waals surface area contributed by atoms with Crippen LogP contribution in [0.15, 0.2) is 6.33 Å². The molecule has 0 fully saturated rings. The first-order chi connectivity index (χ1) is 9.99. The molecule has 0 saturated heterocycles. The predicted octanol–water partition coefficient (Wildman–Crippen LogP) is 0.527. The second-order valence-corrected chi connectivity index (χ2v) is 4.90. The van der Waals surface area contributed by atoms with Gasteiger partial charge in [-0.05, 0) is 13.3 Å². The smallest absolute Gasteiger partial charge is 0.317 e. The van der Waals surface area contributed by atoms with Crippen LogP contribution in [0.3, 0.4) is 0 Å². The Balaban J connectivity index is 2.53. The molecule has 8 nitrogen and oxygen atoms in total. The fourth-order valence-electron chi connectivity index (χ4n) is 1.87. The largest absolute Gasteiger partial charge is 0.359 e. The molecule has 0 saturated carbocycles. The first-order valence-corrected chi connectivity index (χ1v) is 7.09. The van der Waals surface area contributed by atoms with Crippen molar-refractivity contribution in [2.45, 2.75) is 39.3 Å². The first-order valence-electron chi connectivity index (χ1n) is 7.09. The molecule has 0 aliphatic carbocycles. The maximum atomic E-state index is 12.0. The van der Waals surface area contributed by atoms with E-state index in [0.29, 0.717) is 6.54 Å². The van der Waals surface area contributed by atoms with Gasteiger partial charge in [0.1, 0.15) is 6.33 Å². The van der Waals surface area contributed by atoms with Gasteiger partial charge in [0.05, 0.1) is 6.04 Å². The van der Waals surface area contributed by atoms with E-state index >= 15 is 0 Å². The molecule has 0 bridgehead atoms. The third kappa shape index (κ3) is 5.05. The van der Waals surface area contributed by atoms with E-state index in [0.717, 1.165) is 18.8 Å². The summed E-state index contributed by atoms with van der Waals surface area (Å²) in [5.41, 5.74) is 0. The summed E-state index contributed by atoms with van der Waals surface area (Å²) in [7, 11) is 3.23. The predicted molar refractivity (Wildman–Crippen MR) is 78.6 cm³/mol. The van der Waals surface area contributed by atoms with Gasteiger partial charge in [0.15, 0.2) is 5.82 Å². The van der Waals surface area contributed by atoms with E-state index in [1.807, 2.05) is 11.5 Å². The number of urea groups is 1. The molecule has 0 spiro atoms. The summed E-state index contributed by atoms with van der Waals surface area (Å²) in [6, 6.07) is -0.480. The molecule has 2 N–H and O–H groups in total. The molecule has 1 rings (SSSR count). The molecule has 118 valence electrons. The minimum atomic E-state index is -0.242. The molecule has 3 amide bonds. The van der Waals surface area contributed by atoms with E-state index in [9.17, 15) is 9.59 Å². The molecule has 1 heterocycles. The number of amides is 3. The third-order valence-electron chi connectivity index (χ3n) is 3.14. The number of hydrogen-bond acceptors (Lipinski definition) is 4. The van der Waals surface area contributed by atoms with Gasteiger partial charge in [-0.2, -0.15) is 0 Å². The summed E-state index contributed by atoms with van der Waals surface area (Å²) in [6.07, 6.45) is 2.91. The van der Waals surface area contributed by atoms with Gasteiger partial charge in [-0.15, -0.1) is 10.2 Å². The average molecular weight is 296 g/mol. The minimum Gasteiger partial charge on any atom is -0.359 e. The van der Waals surface area contributed by atoms with Crippen LogP contribution in [0.2, 0.25) is 0 Å². The number of carbonyl (C=O) groups is 2. The lowest BCUT2D eigenvalue weighted by Gasteiger charge is -2.21. The van der Waals surface area contributed by atoms with Crippen LogP contribution in [-0.2, 0) is 11.3 Å². The van der Waals surface area contributed by atoms with Gasteiger partial charge in [0.2, 0.25) is 5.91 Å². The van der Waals surface area contributed by atoms with Crippen molar-refractivity contribution in [2.24, 2.45) is 0 Å². The zero-order chi connectivity index (χ0) is 15.8. The Hall–Kier alpha value is -2.12. The Kier molecular flexibility index (Phi) is 6.64. The van der Waals surface area contributed by atoms with Gasteiger partial charge in [-0.25, -0.2) is 4.79 Å². The van der Waals surface area contributed by atoms with Crippen molar-refractivity contribution >= 4 is 11.9 Å². The van der Waals surface area contributed by atoms with Gasteiger partial charge >= 0.3 is 6.03 Å². The van der Waals surface area contributed by atoms with Crippen molar-refractivity contribution < 1.29 is 9.59 Å². The molecule has 1 aromatic heterocycles. The summed E-state index contributed by atoms with van der Waals surface area (Å²) in [6.45, 7) is 5.11. The van der Waals surface area contributed by atoms with Crippen molar-refractivity contribution in [1.29, 1.82) is 0 Å². The first kappa shape index (κ1) is 16.9. The number of rotatable bonds is 7. The molecule has 21 heavy (non-hydrogen) atoms. The summed E-state index contributed by atoms with van der Waals surface area (Å²) in [5.74, 6) is 0.635. The van der Waals surface area contributed by atoms with Gasteiger partial charge in [0, 0.05) is 33.6 Å². The van der Waals surface area contributed by atoms with Crippen LogP contribution in [0.25, 0.3) is 0 Å². The number of aromatic nitrogens is 3. The van der Waals surface area contributed by atoms with Crippen molar-refractivity contribution in [3.05, 3.63) is 12.2 Å². The van der Waals surface area contributed by atoms with E-state index in [-0.39, 0.29) is 24.4 Å². The molecule has 1 atom stereocenters. The van der Waals surface area contributed by atoms with Crippen LogP contribution in [0.5, 0.6) is 0 Å². The lowest BCUT2D eigenvalue weighted by atomic mass is 10.3. The van der Waals surface area contributed by atoms with Gasteiger partial charge in [0.25, 0.3) is 0 Å². The molecular weight excluding hydrogens is 272 g/mol. The number of carbonyl (C=O) groups excluding carboxylic acids is 2. The van der Waals surface area contributed by atoms with Crippen molar-refractivity contribution in [1.82, 2.24) is 30.3 Å². The van der Waals surface area contributed by atoms with Gasteiger partial charge in [-0.1, -0.05) is 6.92 Å². The molecule has 1 aromatic rings. The van der Waals surface area contributed by atoms with Gasteiger partial charge in [-0.3, -0.25) is 4.79 Å². The summed E-state index contributed by atoms with van der Waals surface area (Å²) in [5, 5.41) is 13.3. The fraction of sp³-hybridized carbons (Fsp3) is 0.692. The maximum Gasteiger partial charge on any atom is 0.317 e. The van der Waals surface area contributed by atoms with E-state index in [1.165, 1.54) is 4.90 Å². The Labute approximate surface area is 124 Å². The van der Waals surface area contributed by atoms with Crippen LogP contribution in [0.4, 0.5) is 4.79 Å². The second-order valence-electron chi connectivity index (χ2n) is 4.90. The monoisotopic (exact) mass is 296 g/mol. The number of aryl methyl sites for hydroxylation is 1. The van der Waals surface area contributed by atoms with E-state index in [2.05, 4.69) is 27.8 Å². The summed E-state index contributed by atoms with van der Waals surface area (Å²) in [4.78, 5) is 24.7. The van der Waals surface area contributed by atoms with Crippen molar-refractivity contribution in [3.8, 4) is 0 Å². The van der Waals surface area contributed by atoms with Crippen LogP contribution >= 0.6 is 0 Å². The summed E-state index contributed by atoms with van der Waals surface area (Å²) < 4.78 is 1.93. The van der Waals surface area contributed by atoms with Crippen molar-refractivity contribution in [2.75, 3.05) is 20.6 Å². The SMILES string of the molecule is CCCn1cnnc1[C@H](C)NC(=O)N(C)CCC(=O)NC. The molecule has 0 aliphatic rings. The third-order valence-corrected chi connectivity index (χ3v) is 3.14. The summed E-state index contributed by atoms with van der Waals surface area (Å²) >= 11 is 0. The van der Waals surface area contributed by atoms with Gasteiger partial charge < -0.3 is 20.1 Å².